The Balaban J connectivity index is 1.48. The van der Waals surface area contributed by atoms with E-state index in [1.54, 1.807) is 78.2 Å². The van der Waals surface area contributed by atoms with E-state index < -0.39 is 5.97 Å². The zero-order chi connectivity index (χ0) is 27.7. The van der Waals surface area contributed by atoms with Crippen LogP contribution in [0.4, 0.5) is 10.7 Å². The number of nitrogens with zero attached hydrogens (tertiary/aromatic N) is 1. The summed E-state index contributed by atoms with van der Waals surface area (Å²) in [5.41, 5.74) is 3.15. The number of anilines is 1. The molecule has 0 fully saturated rings. The van der Waals surface area contributed by atoms with Crippen LogP contribution < -0.4 is 5.32 Å². The van der Waals surface area contributed by atoms with Crippen LogP contribution in [0.5, 0.6) is 0 Å². The molecule has 4 aromatic rings. The number of carbonyl (C=O) groups is 2. The van der Waals surface area contributed by atoms with Gasteiger partial charge in [-0.25, -0.2) is 9.79 Å². The molecule has 0 unspecified atom stereocenters. The molecule has 0 aliphatic heterocycles. The van der Waals surface area contributed by atoms with Gasteiger partial charge in [0.25, 0.3) is 5.91 Å². The SMILES string of the molecule is CC(C)(C)[C@H]1CCc2c(sc(N=Cc3ccc(-c4ccccc4C(=O)O)o3)c2C(=O)Nc2ccc(Cl)cc2)C1. The average molecular weight is 561 g/mol. The molecule has 2 heterocycles. The lowest BCUT2D eigenvalue weighted by atomic mass is 9.72. The fraction of sp³-hybridized carbons (Fsp3) is 0.258. The van der Waals surface area contributed by atoms with Crippen LogP contribution in [0.25, 0.3) is 11.3 Å². The van der Waals surface area contributed by atoms with E-state index in [4.69, 9.17) is 21.0 Å². The molecule has 0 spiro atoms. The molecule has 1 atom stereocenters. The molecular weight excluding hydrogens is 532 g/mol. The van der Waals surface area contributed by atoms with E-state index >= 15 is 0 Å². The summed E-state index contributed by atoms with van der Waals surface area (Å²) >= 11 is 7.57. The third-order valence-corrected chi connectivity index (χ3v) is 8.57. The molecule has 1 amide bonds. The highest BCUT2D eigenvalue weighted by Gasteiger charge is 2.33. The van der Waals surface area contributed by atoms with Crippen LogP contribution in [0.15, 0.2) is 70.1 Å². The first-order valence-electron chi connectivity index (χ1n) is 12.8. The van der Waals surface area contributed by atoms with Crippen molar-refractivity contribution in [3.8, 4) is 11.3 Å². The van der Waals surface area contributed by atoms with Crippen molar-refractivity contribution in [1.29, 1.82) is 0 Å². The lowest BCUT2D eigenvalue weighted by Gasteiger charge is -2.33. The van der Waals surface area contributed by atoms with Gasteiger partial charge in [-0.3, -0.25) is 4.79 Å². The fourth-order valence-corrected chi connectivity index (χ4v) is 6.33. The van der Waals surface area contributed by atoms with Gasteiger partial charge in [0.15, 0.2) is 0 Å². The summed E-state index contributed by atoms with van der Waals surface area (Å²) in [6.45, 7) is 6.79. The Morgan fingerprint density at radius 2 is 1.85 bits per heavy atom. The number of nitrogens with one attached hydrogen (secondary N) is 1. The Morgan fingerprint density at radius 1 is 1.10 bits per heavy atom. The smallest absolute Gasteiger partial charge is 0.336 e. The summed E-state index contributed by atoms with van der Waals surface area (Å²) in [5.74, 6) is 0.203. The molecule has 8 heteroatoms. The van der Waals surface area contributed by atoms with Crippen LogP contribution in [0.3, 0.4) is 0 Å². The standard InChI is InChI=1S/C31H29ClN2O4S/c1-31(2,3)18-8-14-24-26(16-18)39-29(27(24)28(35)34-20-11-9-19(32)10-12-20)33-17-21-13-15-25(38-21)22-6-4-5-7-23(22)30(36)37/h4-7,9-13,15,17-18H,8,14,16H2,1-3H3,(H,34,35)(H,36,37)/t18-/m0/s1. The summed E-state index contributed by atoms with van der Waals surface area (Å²) in [4.78, 5) is 31.1. The number of fused-ring (bicyclic) bond motifs is 1. The number of carbonyl (C=O) groups excluding carboxylic acids is 1. The Kier molecular flexibility index (Phi) is 7.47. The highest BCUT2D eigenvalue weighted by Crippen LogP contribution is 2.45. The minimum Gasteiger partial charge on any atom is -0.478 e. The van der Waals surface area contributed by atoms with Crippen molar-refractivity contribution < 1.29 is 19.1 Å². The molecule has 0 radical (unpaired) electrons. The van der Waals surface area contributed by atoms with Gasteiger partial charge in [-0.1, -0.05) is 50.6 Å². The second kappa shape index (κ2) is 10.8. The average Bonchev–Trinajstić information content (AvgIpc) is 3.52. The van der Waals surface area contributed by atoms with Gasteiger partial charge in [-0.2, -0.15) is 0 Å². The van der Waals surface area contributed by atoms with Crippen LogP contribution in [-0.2, 0) is 12.8 Å². The molecule has 2 N–H and O–H groups in total. The van der Waals surface area contributed by atoms with Gasteiger partial charge < -0.3 is 14.8 Å². The number of thiophene rings is 1. The van der Waals surface area contributed by atoms with Crippen molar-refractivity contribution in [1.82, 2.24) is 0 Å². The molecule has 2 aromatic carbocycles. The number of aromatic carboxylic acids is 1. The number of furan rings is 1. The summed E-state index contributed by atoms with van der Waals surface area (Å²) in [6, 6.07) is 17.2. The van der Waals surface area contributed by atoms with Crippen LogP contribution in [0, 0.1) is 11.3 Å². The fourth-order valence-electron chi connectivity index (χ4n) is 4.94. The third-order valence-electron chi connectivity index (χ3n) is 7.16. The molecule has 39 heavy (non-hydrogen) atoms. The number of rotatable bonds is 6. The molecule has 200 valence electrons. The molecule has 0 saturated heterocycles. The predicted octanol–water partition coefficient (Wildman–Crippen LogP) is 8.51. The lowest BCUT2D eigenvalue weighted by molar-refractivity contribution is 0.0697. The number of halogens is 1. The highest BCUT2D eigenvalue weighted by molar-refractivity contribution is 7.16. The minimum atomic E-state index is -1.02. The summed E-state index contributed by atoms with van der Waals surface area (Å²) < 4.78 is 5.93. The maximum Gasteiger partial charge on any atom is 0.336 e. The van der Waals surface area contributed by atoms with Gasteiger partial charge in [-0.15, -0.1) is 11.3 Å². The van der Waals surface area contributed by atoms with Gasteiger partial charge in [0, 0.05) is 21.2 Å². The topological polar surface area (TPSA) is 91.9 Å². The Morgan fingerprint density at radius 3 is 2.56 bits per heavy atom. The normalized spacial score (nSPS) is 15.3. The number of hydrogen-bond donors (Lipinski definition) is 2. The Bertz CT molecular complexity index is 1560. The van der Waals surface area contributed by atoms with Crippen molar-refractivity contribution in [3.63, 3.8) is 0 Å². The summed E-state index contributed by atoms with van der Waals surface area (Å²) in [7, 11) is 0. The van der Waals surface area contributed by atoms with E-state index in [0.29, 0.717) is 44.3 Å². The number of benzene rings is 2. The van der Waals surface area contributed by atoms with E-state index in [0.717, 1.165) is 24.8 Å². The van der Waals surface area contributed by atoms with Crippen LogP contribution in [0.1, 0.15) is 64.1 Å². The van der Waals surface area contributed by atoms with Crippen molar-refractivity contribution in [3.05, 3.63) is 93.0 Å². The minimum absolute atomic E-state index is 0.163. The van der Waals surface area contributed by atoms with Crippen LogP contribution in [0.2, 0.25) is 5.02 Å². The van der Waals surface area contributed by atoms with Gasteiger partial charge in [0.1, 0.15) is 16.5 Å². The van der Waals surface area contributed by atoms with Gasteiger partial charge in [0.2, 0.25) is 0 Å². The summed E-state index contributed by atoms with van der Waals surface area (Å²) in [6.07, 6.45) is 4.34. The molecule has 5 rings (SSSR count). The van der Waals surface area contributed by atoms with E-state index in [1.807, 2.05) is 0 Å². The zero-order valence-electron chi connectivity index (χ0n) is 22.0. The quantitative estimate of drug-likeness (QED) is 0.231. The zero-order valence-corrected chi connectivity index (χ0v) is 23.5. The van der Waals surface area contributed by atoms with Crippen LogP contribution >= 0.6 is 22.9 Å². The van der Waals surface area contributed by atoms with Crippen molar-refractivity contribution in [2.45, 2.75) is 40.0 Å². The van der Waals surface area contributed by atoms with E-state index in [9.17, 15) is 14.7 Å². The Labute approximate surface area is 236 Å². The number of aliphatic imine (C=N–C) groups is 1. The van der Waals surface area contributed by atoms with Gasteiger partial charge in [-0.05, 0) is 78.6 Å². The molecule has 1 aliphatic carbocycles. The predicted molar refractivity (Wildman–Crippen MR) is 157 cm³/mol. The van der Waals surface area contributed by atoms with Crippen LogP contribution in [-0.4, -0.2) is 23.2 Å². The third kappa shape index (κ3) is 5.84. The Hall–Kier alpha value is -3.68. The molecule has 6 nitrogen and oxygen atoms in total. The van der Waals surface area contributed by atoms with Crippen molar-refractivity contribution in [2.75, 3.05) is 5.32 Å². The first kappa shape index (κ1) is 26.9. The van der Waals surface area contributed by atoms with Gasteiger partial charge >= 0.3 is 5.97 Å². The lowest BCUT2D eigenvalue weighted by Crippen LogP contribution is -2.27. The number of carboxylic acids is 1. The largest absolute Gasteiger partial charge is 0.478 e. The summed E-state index contributed by atoms with van der Waals surface area (Å²) in [5, 5.41) is 13.8. The molecular formula is C31H29ClN2O4S. The maximum atomic E-state index is 13.5. The second-order valence-corrected chi connectivity index (χ2v) is 12.3. The van der Waals surface area contributed by atoms with Gasteiger partial charge in [0.05, 0.1) is 17.3 Å². The molecule has 0 bridgehead atoms. The van der Waals surface area contributed by atoms with E-state index in [1.165, 1.54) is 4.88 Å². The highest BCUT2D eigenvalue weighted by atomic mass is 35.5. The maximum absolute atomic E-state index is 13.5. The monoisotopic (exact) mass is 560 g/mol. The molecule has 0 saturated carbocycles. The first-order chi connectivity index (χ1) is 18.6. The number of carboxylic acid groups (broad SMARTS) is 1. The van der Waals surface area contributed by atoms with E-state index in [-0.39, 0.29) is 16.9 Å². The second-order valence-electron chi connectivity index (χ2n) is 10.8. The molecule has 1 aliphatic rings. The first-order valence-corrected chi connectivity index (χ1v) is 14.0. The van der Waals surface area contributed by atoms with Crippen molar-refractivity contribution in [2.24, 2.45) is 16.3 Å². The van der Waals surface area contributed by atoms with Crippen molar-refractivity contribution >= 4 is 51.7 Å². The number of amides is 1. The van der Waals surface area contributed by atoms with E-state index in [2.05, 4.69) is 26.1 Å². The molecule has 2 aromatic heterocycles. The number of hydrogen-bond acceptors (Lipinski definition) is 5.